The molecule has 0 saturated heterocycles. The second-order valence-electron chi connectivity index (χ2n) is 6.12. The summed E-state index contributed by atoms with van der Waals surface area (Å²) >= 11 is 0. The van der Waals surface area contributed by atoms with Crippen LogP contribution >= 0.6 is 0 Å². The van der Waals surface area contributed by atoms with Gasteiger partial charge >= 0.3 is 0 Å². The van der Waals surface area contributed by atoms with Crippen molar-refractivity contribution in [1.29, 1.82) is 0 Å². The van der Waals surface area contributed by atoms with Crippen molar-refractivity contribution in [3.8, 4) is 0 Å². The van der Waals surface area contributed by atoms with E-state index in [1.165, 1.54) is 0 Å². The van der Waals surface area contributed by atoms with Crippen molar-refractivity contribution >= 4 is 5.84 Å². The molecule has 1 rings (SSSR count). The van der Waals surface area contributed by atoms with Crippen LogP contribution in [0.5, 0.6) is 0 Å². The molecule has 0 aromatic rings. The minimum absolute atomic E-state index is 0.0218. The number of amidine groups is 1. The first-order chi connectivity index (χ1) is 6.55. The Bertz CT molecular complexity index is 302. The summed E-state index contributed by atoms with van der Waals surface area (Å²) in [7, 11) is 1.94. The van der Waals surface area contributed by atoms with Gasteiger partial charge in [0, 0.05) is 18.0 Å². The topological polar surface area (TPSA) is 18.8 Å². The van der Waals surface area contributed by atoms with Gasteiger partial charge in [0.25, 0.3) is 0 Å². The molecule has 1 aliphatic rings. The Balaban J connectivity index is 3.15. The number of rotatable bonds is 0. The normalized spacial score (nSPS) is 18.6. The van der Waals surface area contributed by atoms with Gasteiger partial charge in [-0.15, -0.1) is 0 Å². The maximum absolute atomic E-state index is 4.57. The molecule has 86 valence electrons. The summed E-state index contributed by atoms with van der Waals surface area (Å²) < 4.78 is 0. The Morgan fingerprint density at radius 2 is 1.53 bits per heavy atom. The third-order valence-electron chi connectivity index (χ3n) is 2.43. The maximum atomic E-state index is 4.57. The van der Waals surface area contributed by atoms with E-state index in [4.69, 9.17) is 0 Å². The van der Waals surface area contributed by atoms with E-state index in [9.17, 15) is 0 Å². The first kappa shape index (κ1) is 12.1. The molecule has 0 aromatic carbocycles. The molecule has 0 amide bonds. The molecule has 0 N–H and O–H groups in total. The highest BCUT2D eigenvalue weighted by molar-refractivity contribution is 5.90. The van der Waals surface area contributed by atoms with Crippen LogP contribution in [0.4, 0.5) is 0 Å². The van der Waals surface area contributed by atoms with E-state index in [1.54, 1.807) is 0 Å². The summed E-state index contributed by atoms with van der Waals surface area (Å²) in [5.74, 6) is 2.04. The highest BCUT2D eigenvalue weighted by atomic mass is 15.6. The summed E-state index contributed by atoms with van der Waals surface area (Å²) in [6.45, 7) is 17.2. The summed E-state index contributed by atoms with van der Waals surface area (Å²) in [6.07, 6.45) is 0. The number of nitrogens with zero attached hydrogens (tertiary/aromatic N) is 3. The lowest BCUT2D eigenvalue weighted by Crippen LogP contribution is -2.47. The molecule has 3 heteroatoms. The van der Waals surface area contributed by atoms with Crippen LogP contribution in [0, 0.1) is 5.41 Å². The van der Waals surface area contributed by atoms with Crippen LogP contribution < -0.4 is 0 Å². The van der Waals surface area contributed by atoms with Crippen LogP contribution in [-0.4, -0.2) is 28.3 Å². The van der Waals surface area contributed by atoms with Crippen molar-refractivity contribution in [1.82, 2.24) is 9.91 Å². The maximum Gasteiger partial charge on any atom is 0.136 e. The first-order valence-electron chi connectivity index (χ1n) is 5.37. The Morgan fingerprint density at radius 1 is 1.07 bits per heavy atom. The van der Waals surface area contributed by atoms with Crippen molar-refractivity contribution in [2.45, 2.75) is 47.1 Å². The van der Waals surface area contributed by atoms with Crippen molar-refractivity contribution < 1.29 is 0 Å². The van der Waals surface area contributed by atoms with E-state index in [-0.39, 0.29) is 11.0 Å². The van der Waals surface area contributed by atoms with Crippen LogP contribution in [0.3, 0.4) is 0 Å². The Morgan fingerprint density at radius 3 is 1.80 bits per heavy atom. The van der Waals surface area contributed by atoms with Gasteiger partial charge in [0.15, 0.2) is 0 Å². The monoisotopic (exact) mass is 209 g/mol. The molecule has 1 aliphatic heterocycles. The molecule has 0 unspecified atom stereocenters. The molecule has 0 bridgehead atoms. The van der Waals surface area contributed by atoms with Gasteiger partial charge in [-0.1, -0.05) is 27.4 Å². The van der Waals surface area contributed by atoms with Crippen molar-refractivity contribution in [3.05, 3.63) is 12.4 Å². The lowest BCUT2D eigenvalue weighted by molar-refractivity contribution is 0.240. The first-order valence-corrected chi connectivity index (χ1v) is 5.37. The van der Waals surface area contributed by atoms with Crippen LogP contribution in [-0.2, 0) is 0 Å². The average molecular weight is 209 g/mol. The fourth-order valence-electron chi connectivity index (χ4n) is 1.70. The predicted molar refractivity (Wildman–Crippen MR) is 65.4 cm³/mol. The molecule has 0 spiro atoms. The van der Waals surface area contributed by atoms with Crippen molar-refractivity contribution in [2.75, 3.05) is 7.05 Å². The van der Waals surface area contributed by atoms with Crippen molar-refractivity contribution in [2.24, 2.45) is 10.5 Å². The van der Waals surface area contributed by atoms with Crippen molar-refractivity contribution in [3.63, 3.8) is 0 Å². The zero-order valence-corrected chi connectivity index (χ0v) is 11.0. The molecular weight excluding hydrogens is 186 g/mol. The Kier molecular flexibility index (Phi) is 2.62. The Labute approximate surface area is 93.4 Å². The number of hydrogen-bond donors (Lipinski definition) is 0. The van der Waals surface area contributed by atoms with Crippen LogP contribution in [0.1, 0.15) is 41.5 Å². The van der Waals surface area contributed by atoms with Gasteiger partial charge in [-0.3, -0.25) is 5.01 Å². The minimum atomic E-state index is 0.0218. The van der Waals surface area contributed by atoms with Crippen LogP contribution in [0.25, 0.3) is 0 Å². The fraction of sp³-hybridized carbons (Fsp3) is 0.750. The summed E-state index contributed by atoms with van der Waals surface area (Å²) in [5.41, 5.74) is 0.0644. The average Bonchev–Trinajstić information content (AvgIpc) is 2.25. The molecule has 0 atom stereocenters. The SMILES string of the molecule is C=C1N(C)N=C(C(C)(C)C)N1C(C)(C)C. The third kappa shape index (κ3) is 2.16. The zero-order valence-electron chi connectivity index (χ0n) is 11.0. The van der Waals surface area contributed by atoms with E-state index in [0.717, 1.165) is 11.7 Å². The lowest BCUT2D eigenvalue weighted by Gasteiger charge is -2.38. The van der Waals surface area contributed by atoms with E-state index in [2.05, 4.69) is 58.1 Å². The van der Waals surface area contributed by atoms with Gasteiger partial charge in [-0.2, -0.15) is 5.10 Å². The fourth-order valence-corrected chi connectivity index (χ4v) is 1.70. The lowest BCUT2D eigenvalue weighted by atomic mass is 9.91. The molecule has 0 saturated carbocycles. The van der Waals surface area contributed by atoms with Gasteiger partial charge < -0.3 is 4.90 Å². The quantitative estimate of drug-likeness (QED) is 0.611. The summed E-state index contributed by atoms with van der Waals surface area (Å²) in [5, 5.41) is 6.42. The van der Waals surface area contributed by atoms with Gasteiger partial charge in [0.2, 0.25) is 0 Å². The molecule has 0 fully saturated rings. The van der Waals surface area contributed by atoms with Crippen LogP contribution in [0.15, 0.2) is 17.5 Å². The number of hydrogen-bond acceptors (Lipinski definition) is 3. The van der Waals surface area contributed by atoms with E-state index in [1.807, 2.05) is 12.1 Å². The standard InChI is InChI=1S/C12H23N3/c1-9-14(8)13-10(11(2,3)4)15(9)12(5,6)7/h1H2,2-8H3. The molecule has 0 aromatic heterocycles. The minimum Gasteiger partial charge on any atom is -0.308 e. The zero-order chi connectivity index (χ0) is 12.0. The highest BCUT2D eigenvalue weighted by Gasteiger charge is 2.39. The van der Waals surface area contributed by atoms with Crippen LogP contribution in [0.2, 0.25) is 0 Å². The summed E-state index contributed by atoms with van der Waals surface area (Å²) in [4.78, 5) is 2.22. The van der Waals surface area contributed by atoms with Gasteiger partial charge in [0.05, 0.1) is 0 Å². The van der Waals surface area contributed by atoms with Gasteiger partial charge in [0.1, 0.15) is 11.7 Å². The number of hydrazone groups is 1. The van der Waals surface area contributed by atoms with E-state index in [0.29, 0.717) is 0 Å². The summed E-state index contributed by atoms with van der Waals surface area (Å²) in [6, 6.07) is 0. The predicted octanol–water partition coefficient (Wildman–Crippen LogP) is 2.86. The molecule has 3 nitrogen and oxygen atoms in total. The highest BCUT2D eigenvalue weighted by Crippen LogP contribution is 2.33. The largest absolute Gasteiger partial charge is 0.308 e. The van der Waals surface area contributed by atoms with E-state index < -0.39 is 0 Å². The third-order valence-corrected chi connectivity index (χ3v) is 2.43. The molecule has 15 heavy (non-hydrogen) atoms. The molecule has 0 aliphatic carbocycles. The second-order valence-corrected chi connectivity index (χ2v) is 6.12. The second kappa shape index (κ2) is 3.26. The molecule has 1 heterocycles. The Hall–Kier alpha value is -0.990. The smallest absolute Gasteiger partial charge is 0.136 e. The van der Waals surface area contributed by atoms with Gasteiger partial charge in [-0.25, -0.2) is 0 Å². The molecular formula is C12H23N3. The van der Waals surface area contributed by atoms with E-state index >= 15 is 0 Å². The molecule has 0 radical (unpaired) electrons. The van der Waals surface area contributed by atoms with Gasteiger partial charge in [-0.05, 0) is 20.8 Å².